The van der Waals surface area contributed by atoms with Gasteiger partial charge in [0, 0.05) is 33.2 Å². The lowest BCUT2D eigenvalue weighted by Crippen LogP contribution is -2.25. The van der Waals surface area contributed by atoms with Gasteiger partial charge in [-0.15, -0.1) is 0 Å². The first kappa shape index (κ1) is 36.6. The van der Waals surface area contributed by atoms with Gasteiger partial charge < -0.3 is 4.57 Å². The third-order valence-electron chi connectivity index (χ3n) is 12.9. The van der Waals surface area contributed by atoms with Gasteiger partial charge in [-0.3, -0.25) is 0 Å². The van der Waals surface area contributed by atoms with Gasteiger partial charge in [-0.2, -0.15) is 0 Å². The lowest BCUT2D eigenvalue weighted by molar-refractivity contribution is 0.794. The fourth-order valence-electron chi connectivity index (χ4n) is 10.4. The molecule has 2 heterocycles. The van der Waals surface area contributed by atoms with Crippen molar-refractivity contribution in [3.05, 3.63) is 247 Å². The van der Waals surface area contributed by atoms with E-state index in [1.54, 1.807) is 6.08 Å². The van der Waals surface area contributed by atoms with E-state index < -0.39 is 5.41 Å². The second-order valence-electron chi connectivity index (χ2n) is 16.3. The summed E-state index contributed by atoms with van der Waals surface area (Å²) in [5, 5.41) is 2.27. The lowest BCUT2D eigenvalue weighted by Gasteiger charge is -2.30. The molecule has 4 heteroatoms. The van der Waals surface area contributed by atoms with Crippen LogP contribution in [-0.4, -0.2) is 19.5 Å². The summed E-state index contributed by atoms with van der Waals surface area (Å²) in [6.45, 7) is 5.97. The fraction of sp³-hybridized carbons (Fsp3) is 0.0339. The van der Waals surface area contributed by atoms with Crippen LogP contribution in [0.1, 0.15) is 35.0 Å². The Morgan fingerprint density at radius 3 is 1.67 bits per heavy atom. The van der Waals surface area contributed by atoms with Gasteiger partial charge in [0.2, 0.25) is 0 Å². The Bertz CT molecular complexity index is 3490. The molecule has 1 spiro atoms. The summed E-state index contributed by atoms with van der Waals surface area (Å²) in [6.07, 6.45) is 7.72. The fourth-order valence-corrected chi connectivity index (χ4v) is 10.4. The molecule has 0 saturated carbocycles. The number of benzene rings is 8. The average Bonchev–Trinajstić information content (AvgIpc) is 3.96. The standard InChI is InChI=1S/C59H40N4/c1-3-18-38(19-4-2)56-60-57(39-20-7-5-8-21-39)62-58(61-56)41-33-35-54-48(37-41)47-36-40(32-34-53(47)63(54)42-22-9-6-10-23-42)43-27-17-31-52-55(43)46-26-13-16-30-51(46)59(52)49-28-14-11-24-44(49)45-25-12-15-29-50(45)59/h3-37H,1H2,2H3/b19-4-,38-18+. The Labute approximate surface area is 366 Å². The molecule has 0 fully saturated rings. The van der Waals surface area contributed by atoms with Crippen molar-refractivity contribution in [2.75, 3.05) is 0 Å². The van der Waals surface area contributed by atoms with E-state index in [0.717, 1.165) is 44.2 Å². The number of hydrogen-bond donors (Lipinski definition) is 0. The Hall–Kier alpha value is -8.21. The highest BCUT2D eigenvalue weighted by atomic mass is 15.0. The molecule has 296 valence electrons. The van der Waals surface area contributed by atoms with Crippen molar-refractivity contribution < 1.29 is 0 Å². The van der Waals surface area contributed by atoms with Crippen LogP contribution in [0.25, 0.3) is 89.2 Å². The number of fused-ring (bicyclic) bond motifs is 13. The monoisotopic (exact) mass is 804 g/mol. The van der Waals surface area contributed by atoms with Crippen LogP contribution < -0.4 is 0 Å². The molecule has 0 amide bonds. The maximum absolute atomic E-state index is 5.11. The number of hydrogen-bond acceptors (Lipinski definition) is 3. The molecule has 2 aromatic heterocycles. The average molecular weight is 805 g/mol. The molecule has 0 saturated heterocycles. The Morgan fingerprint density at radius 1 is 0.492 bits per heavy atom. The van der Waals surface area contributed by atoms with E-state index >= 15 is 0 Å². The highest BCUT2D eigenvalue weighted by Gasteiger charge is 2.51. The molecule has 2 aliphatic carbocycles. The molecule has 0 unspecified atom stereocenters. The van der Waals surface area contributed by atoms with Crippen LogP contribution in [0.15, 0.2) is 219 Å². The molecular formula is C59H40N4. The Morgan fingerprint density at radius 2 is 1.02 bits per heavy atom. The minimum absolute atomic E-state index is 0.410. The van der Waals surface area contributed by atoms with Gasteiger partial charge in [-0.05, 0) is 105 Å². The van der Waals surface area contributed by atoms with Crippen molar-refractivity contribution in [2.45, 2.75) is 12.3 Å². The van der Waals surface area contributed by atoms with E-state index in [0.29, 0.717) is 17.5 Å². The summed E-state index contributed by atoms with van der Waals surface area (Å²) in [4.78, 5) is 15.2. The summed E-state index contributed by atoms with van der Waals surface area (Å²) in [5.41, 5.74) is 18.6. The molecule has 10 aromatic rings. The zero-order valence-corrected chi connectivity index (χ0v) is 34.7. The van der Waals surface area contributed by atoms with Crippen molar-refractivity contribution in [2.24, 2.45) is 0 Å². The van der Waals surface area contributed by atoms with E-state index in [1.165, 1.54) is 55.6 Å². The second kappa shape index (κ2) is 14.5. The summed E-state index contributed by atoms with van der Waals surface area (Å²) in [6, 6.07) is 68.3. The van der Waals surface area contributed by atoms with Crippen LogP contribution in [0.4, 0.5) is 0 Å². The van der Waals surface area contributed by atoms with E-state index in [2.05, 4.69) is 169 Å². The van der Waals surface area contributed by atoms with Crippen LogP contribution in [0.5, 0.6) is 0 Å². The van der Waals surface area contributed by atoms with Crippen LogP contribution in [0.3, 0.4) is 0 Å². The smallest absolute Gasteiger partial charge is 0.164 e. The molecular weight excluding hydrogens is 765 g/mol. The van der Waals surface area contributed by atoms with Crippen molar-refractivity contribution in [3.8, 4) is 61.8 Å². The van der Waals surface area contributed by atoms with E-state index in [-0.39, 0.29) is 0 Å². The molecule has 0 atom stereocenters. The molecule has 0 N–H and O–H groups in total. The number of rotatable bonds is 7. The van der Waals surface area contributed by atoms with Gasteiger partial charge >= 0.3 is 0 Å². The predicted molar refractivity (Wildman–Crippen MR) is 260 cm³/mol. The van der Waals surface area contributed by atoms with E-state index in [9.17, 15) is 0 Å². The quantitative estimate of drug-likeness (QED) is 0.151. The van der Waals surface area contributed by atoms with Gasteiger partial charge in [-0.25, -0.2) is 15.0 Å². The number of nitrogens with zero attached hydrogens (tertiary/aromatic N) is 4. The normalized spacial score (nSPS) is 13.4. The van der Waals surface area contributed by atoms with Crippen molar-refractivity contribution in [3.63, 3.8) is 0 Å². The summed E-state index contributed by atoms with van der Waals surface area (Å²) in [7, 11) is 0. The molecule has 0 aliphatic heterocycles. The lowest BCUT2D eigenvalue weighted by atomic mass is 9.70. The molecule has 4 nitrogen and oxygen atoms in total. The summed E-state index contributed by atoms with van der Waals surface area (Å²) < 4.78 is 2.37. The molecule has 0 bridgehead atoms. The van der Waals surface area contributed by atoms with Crippen LogP contribution in [0.2, 0.25) is 0 Å². The summed E-state index contributed by atoms with van der Waals surface area (Å²) >= 11 is 0. The topological polar surface area (TPSA) is 43.6 Å². The first-order valence-corrected chi connectivity index (χ1v) is 21.5. The van der Waals surface area contributed by atoms with Crippen molar-refractivity contribution in [1.82, 2.24) is 19.5 Å². The third-order valence-corrected chi connectivity index (χ3v) is 12.9. The van der Waals surface area contributed by atoms with Crippen LogP contribution in [-0.2, 0) is 5.41 Å². The van der Waals surface area contributed by atoms with Gasteiger partial charge in [0.1, 0.15) is 0 Å². The number of aromatic nitrogens is 4. The molecule has 63 heavy (non-hydrogen) atoms. The van der Waals surface area contributed by atoms with Crippen molar-refractivity contribution >= 4 is 27.4 Å². The largest absolute Gasteiger partial charge is 0.309 e. The maximum atomic E-state index is 5.11. The Kier molecular flexibility index (Phi) is 8.41. The zero-order valence-electron chi connectivity index (χ0n) is 34.7. The first-order chi connectivity index (χ1) is 31.2. The molecule has 2 aliphatic rings. The molecule has 0 radical (unpaired) electrons. The minimum Gasteiger partial charge on any atom is -0.309 e. The van der Waals surface area contributed by atoms with Gasteiger partial charge in [0.25, 0.3) is 0 Å². The SMILES string of the molecule is C=C/C=C(\C=C/C)c1nc(-c2ccccc2)nc(-c2ccc3c(c2)c2cc(-c4cccc5c4-c4ccccc4C54c5ccccc5-c5ccccc54)ccc2n3-c2ccccc2)n1. The van der Waals surface area contributed by atoms with Crippen LogP contribution >= 0.6 is 0 Å². The Balaban J connectivity index is 1.10. The maximum Gasteiger partial charge on any atom is 0.164 e. The number of allylic oxidation sites excluding steroid dienone is 5. The van der Waals surface area contributed by atoms with Gasteiger partial charge in [0.05, 0.1) is 16.4 Å². The summed E-state index contributed by atoms with van der Waals surface area (Å²) in [5.74, 6) is 1.82. The van der Waals surface area contributed by atoms with E-state index in [4.69, 9.17) is 15.0 Å². The van der Waals surface area contributed by atoms with Gasteiger partial charge in [0.15, 0.2) is 17.5 Å². The number of para-hydroxylation sites is 1. The third kappa shape index (κ3) is 5.44. The van der Waals surface area contributed by atoms with Crippen molar-refractivity contribution in [1.29, 1.82) is 0 Å². The molecule has 8 aromatic carbocycles. The first-order valence-electron chi connectivity index (χ1n) is 21.5. The molecule has 12 rings (SSSR count). The van der Waals surface area contributed by atoms with E-state index in [1.807, 2.05) is 55.5 Å². The minimum atomic E-state index is -0.410. The predicted octanol–water partition coefficient (Wildman–Crippen LogP) is 14.5. The highest BCUT2D eigenvalue weighted by Crippen LogP contribution is 2.64. The highest BCUT2D eigenvalue weighted by molar-refractivity contribution is 6.12. The van der Waals surface area contributed by atoms with Gasteiger partial charge in [-0.1, -0.05) is 176 Å². The van der Waals surface area contributed by atoms with Crippen LogP contribution in [0, 0.1) is 0 Å². The second-order valence-corrected chi connectivity index (χ2v) is 16.3. The zero-order chi connectivity index (χ0) is 42.1.